The van der Waals surface area contributed by atoms with Gasteiger partial charge in [-0.2, -0.15) is 0 Å². The van der Waals surface area contributed by atoms with Crippen LogP contribution in [-0.2, 0) is 0 Å². The highest BCUT2D eigenvalue weighted by Crippen LogP contribution is 2.33. The summed E-state index contributed by atoms with van der Waals surface area (Å²) >= 11 is 1.43. The Morgan fingerprint density at radius 2 is 1.85 bits per heavy atom. The van der Waals surface area contributed by atoms with Crippen LogP contribution >= 0.6 is 11.8 Å². The number of nitrogens with one attached hydrogen (secondary N) is 1. The average molecular weight is 379 g/mol. The van der Waals surface area contributed by atoms with Gasteiger partial charge in [0.25, 0.3) is 5.91 Å². The van der Waals surface area contributed by atoms with Crippen LogP contribution in [0.5, 0.6) is 11.5 Å². The van der Waals surface area contributed by atoms with Gasteiger partial charge >= 0.3 is 0 Å². The number of anilines is 1. The van der Waals surface area contributed by atoms with Crippen LogP contribution in [0.1, 0.15) is 10.4 Å². The van der Waals surface area contributed by atoms with E-state index in [2.05, 4.69) is 15.3 Å². The summed E-state index contributed by atoms with van der Waals surface area (Å²) in [6.45, 7) is 1.02. The number of rotatable bonds is 4. The first-order chi connectivity index (χ1) is 13.2. The third-order valence-corrected chi connectivity index (χ3v) is 4.60. The van der Waals surface area contributed by atoms with Crippen molar-refractivity contribution in [1.82, 2.24) is 9.97 Å². The topological polar surface area (TPSA) is 73.3 Å². The maximum Gasteiger partial charge on any atom is 0.259 e. The molecule has 3 aromatic rings. The molecule has 7 heteroatoms. The van der Waals surface area contributed by atoms with Crippen LogP contribution in [0.15, 0.2) is 59.9 Å². The van der Waals surface area contributed by atoms with Crippen LogP contribution < -0.4 is 14.8 Å². The van der Waals surface area contributed by atoms with E-state index in [9.17, 15) is 4.79 Å². The lowest BCUT2D eigenvalue weighted by Gasteiger charge is -2.19. The van der Waals surface area contributed by atoms with Crippen LogP contribution in [-0.4, -0.2) is 35.3 Å². The Morgan fingerprint density at radius 1 is 1.07 bits per heavy atom. The molecule has 0 fully saturated rings. The Balaban J connectivity index is 1.66. The van der Waals surface area contributed by atoms with Gasteiger partial charge in [-0.05, 0) is 18.4 Å². The standard InChI is InChI=1S/C20H17N3O3S/c1-27-20-21-12-15(18(23-20)13-5-3-2-4-6-13)19(24)22-14-7-8-16-17(11-14)26-10-9-25-16/h2-8,11-12H,9-10H2,1H3,(H,22,24). The molecule has 4 rings (SSSR count). The first kappa shape index (κ1) is 17.4. The third-order valence-electron chi connectivity index (χ3n) is 4.04. The van der Waals surface area contributed by atoms with Gasteiger partial charge in [0.1, 0.15) is 13.2 Å². The molecule has 0 radical (unpaired) electrons. The normalized spacial score (nSPS) is 12.5. The van der Waals surface area contributed by atoms with Crippen molar-refractivity contribution in [3.05, 3.63) is 60.3 Å². The van der Waals surface area contributed by atoms with Crippen molar-refractivity contribution >= 4 is 23.4 Å². The van der Waals surface area contributed by atoms with Crippen LogP contribution in [0.3, 0.4) is 0 Å². The number of aromatic nitrogens is 2. The van der Waals surface area contributed by atoms with Crippen LogP contribution in [0, 0.1) is 0 Å². The molecule has 1 aliphatic heterocycles. The Hall–Kier alpha value is -3.06. The maximum atomic E-state index is 12.9. The molecule has 0 aliphatic carbocycles. The Kier molecular flexibility index (Phi) is 4.93. The highest BCUT2D eigenvalue weighted by Gasteiger charge is 2.18. The molecule has 27 heavy (non-hydrogen) atoms. The lowest BCUT2D eigenvalue weighted by Crippen LogP contribution is -2.17. The van der Waals surface area contributed by atoms with Crippen molar-refractivity contribution in [2.75, 3.05) is 24.8 Å². The Morgan fingerprint density at radius 3 is 2.63 bits per heavy atom. The fourth-order valence-electron chi connectivity index (χ4n) is 2.77. The van der Waals surface area contributed by atoms with E-state index >= 15 is 0 Å². The second kappa shape index (κ2) is 7.67. The molecule has 0 saturated heterocycles. The molecule has 6 nitrogen and oxygen atoms in total. The smallest absolute Gasteiger partial charge is 0.259 e. The van der Waals surface area contributed by atoms with E-state index in [4.69, 9.17) is 9.47 Å². The molecule has 1 N–H and O–H groups in total. The molecule has 0 atom stereocenters. The lowest BCUT2D eigenvalue weighted by atomic mass is 10.1. The molecule has 136 valence electrons. The summed E-state index contributed by atoms with van der Waals surface area (Å²) < 4.78 is 11.1. The van der Waals surface area contributed by atoms with Gasteiger partial charge in [-0.15, -0.1) is 0 Å². The van der Waals surface area contributed by atoms with E-state index in [1.54, 1.807) is 24.4 Å². The number of hydrogen-bond donors (Lipinski definition) is 1. The van der Waals surface area contributed by atoms with E-state index in [-0.39, 0.29) is 5.91 Å². The van der Waals surface area contributed by atoms with Crippen molar-refractivity contribution < 1.29 is 14.3 Å². The first-order valence-corrected chi connectivity index (χ1v) is 9.64. The first-order valence-electron chi connectivity index (χ1n) is 8.42. The predicted octanol–water partition coefficient (Wildman–Crippen LogP) is 3.89. The number of nitrogens with zero attached hydrogens (tertiary/aromatic N) is 2. The maximum absolute atomic E-state index is 12.9. The summed E-state index contributed by atoms with van der Waals surface area (Å²) in [4.78, 5) is 21.7. The van der Waals surface area contributed by atoms with Gasteiger partial charge in [0.15, 0.2) is 16.7 Å². The summed E-state index contributed by atoms with van der Waals surface area (Å²) in [5.41, 5.74) is 2.50. The SMILES string of the molecule is CSc1ncc(C(=O)Nc2ccc3c(c2)OCCO3)c(-c2ccccc2)n1. The highest BCUT2D eigenvalue weighted by atomic mass is 32.2. The van der Waals surface area contributed by atoms with Gasteiger partial charge in [0.05, 0.1) is 11.3 Å². The summed E-state index contributed by atoms with van der Waals surface area (Å²) in [5.74, 6) is 1.02. The number of carbonyl (C=O) groups excluding carboxylic acids is 1. The fraction of sp³-hybridized carbons (Fsp3) is 0.150. The number of fused-ring (bicyclic) bond motifs is 1. The summed E-state index contributed by atoms with van der Waals surface area (Å²) in [7, 11) is 0. The fourth-order valence-corrected chi connectivity index (χ4v) is 3.11. The van der Waals surface area contributed by atoms with Crippen LogP contribution in [0.4, 0.5) is 5.69 Å². The molecule has 0 bridgehead atoms. The van der Waals surface area contributed by atoms with Crippen molar-refractivity contribution in [3.63, 3.8) is 0 Å². The van der Waals surface area contributed by atoms with E-state index in [0.29, 0.717) is 46.8 Å². The predicted molar refractivity (Wildman–Crippen MR) is 105 cm³/mol. The summed E-state index contributed by atoms with van der Waals surface area (Å²) in [5, 5.41) is 3.51. The molecule has 1 amide bonds. The number of carbonyl (C=O) groups is 1. The molecule has 1 aromatic heterocycles. The number of ether oxygens (including phenoxy) is 2. The van der Waals surface area contributed by atoms with Gasteiger partial charge < -0.3 is 14.8 Å². The third kappa shape index (κ3) is 3.73. The zero-order valence-electron chi connectivity index (χ0n) is 14.6. The molecule has 0 unspecified atom stereocenters. The van der Waals surface area contributed by atoms with Crippen molar-refractivity contribution in [2.45, 2.75) is 5.16 Å². The zero-order valence-corrected chi connectivity index (χ0v) is 15.5. The lowest BCUT2D eigenvalue weighted by molar-refractivity contribution is 0.102. The van der Waals surface area contributed by atoms with Crippen molar-refractivity contribution in [2.24, 2.45) is 0 Å². The molecule has 0 saturated carbocycles. The number of thioether (sulfide) groups is 1. The van der Waals surface area contributed by atoms with Gasteiger partial charge in [-0.1, -0.05) is 42.1 Å². The minimum absolute atomic E-state index is 0.279. The van der Waals surface area contributed by atoms with Crippen LogP contribution in [0.25, 0.3) is 11.3 Å². The zero-order chi connectivity index (χ0) is 18.6. The summed E-state index contributed by atoms with van der Waals surface area (Å²) in [6.07, 6.45) is 3.47. The van der Waals surface area contributed by atoms with E-state index in [0.717, 1.165) is 5.56 Å². The average Bonchev–Trinajstić information content (AvgIpc) is 2.73. The van der Waals surface area contributed by atoms with E-state index in [1.165, 1.54) is 11.8 Å². The van der Waals surface area contributed by atoms with Crippen molar-refractivity contribution in [3.8, 4) is 22.8 Å². The largest absolute Gasteiger partial charge is 0.486 e. The molecule has 1 aliphatic rings. The second-order valence-corrected chi connectivity index (χ2v) is 6.57. The molecule has 0 spiro atoms. The van der Waals surface area contributed by atoms with Gasteiger partial charge in [0, 0.05) is 23.5 Å². The molecule has 2 heterocycles. The Labute approximate surface area is 161 Å². The molecular weight excluding hydrogens is 362 g/mol. The Bertz CT molecular complexity index is 979. The van der Waals surface area contributed by atoms with Gasteiger partial charge in [0.2, 0.25) is 0 Å². The number of benzene rings is 2. The minimum atomic E-state index is -0.279. The van der Waals surface area contributed by atoms with Gasteiger partial charge in [-0.25, -0.2) is 9.97 Å². The monoisotopic (exact) mass is 379 g/mol. The van der Waals surface area contributed by atoms with Crippen LogP contribution in [0.2, 0.25) is 0 Å². The number of amides is 1. The van der Waals surface area contributed by atoms with Crippen molar-refractivity contribution in [1.29, 1.82) is 0 Å². The van der Waals surface area contributed by atoms with E-state index < -0.39 is 0 Å². The number of hydrogen-bond acceptors (Lipinski definition) is 6. The second-order valence-electron chi connectivity index (χ2n) is 5.80. The molecule has 2 aromatic carbocycles. The highest BCUT2D eigenvalue weighted by molar-refractivity contribution is 7.98. The minimum Gasteiger partial charge on any atom is -0.486 e. The summed E-state index contributed by atoms with van der Waals surface area (Å²) in [6, 6.07) is 14.9. The van der Waals surface area contributed by atoms with Gasteiger partial charge in [-0.3, -0.25) is 4.79 Å². The molecular formula is C20H17N3O3S. The van der Waals surface area contributed by atoms with E-state index in [1.807, 2.05) is 36.6 Å². The quantitative estimate of drug-likeness (QED) is 0.548.